The molecule has 0 bridgehead atoms. The molecule has 1 aliphatic carbocycles. The Morgan fingerprint density at radius 3 is 2.78 bits per heavy atom. The Hall–Kier alpha value is -2.44. The van der Waals surface area contributed by atoms with Gasteiger partial charge in [-0.3, -0.25) is 14.3 Å². The van der Waals surface area contributed by atoms with Crippen molar-refractivity contribution in [3.05, 3.63) is 23.5 Å². The van der Waals surface area contributed by atoms with Gasteiger partial charge in [0.15, 0.2) is 5.65 Å². The first-order valence-electron chi connectivity index (χ1n) is 9.76. The maximum Gasteiger partial charge on any atom is 0.303 e. The minimum absolute atomic E-state index is 0.0661. The molecule has 2 heterocycles. The summed E-state index contributed by atoms with van der Waals surface area (Å²) in [5, 5.41) is 17.3. The molecule has 146 valence electrons. The maximum absolute atomic E-state index is 12.8. The molecule has 0 aromatic carbocycles. The minimum Gasteiger partial charge on any atom is -0.481 e. The smallest absolute Gasteiger partial charge is 0.303 e. The van der Waals surface area contributed by atoms with Gasteiger partial charge in [-0.2, -0.15) is 5.10 Å². The molecule has 2 aromatic rings. The van der Waals surface area contributed by atoms with Crippen LogP contribution in [0.4, 0.5) is 0 Å². The molecule has 0 spiro atoms. The predicted molar refractivity (Wildman–Crippen MR) is 103 cm³/mol. The molecule has 7 heteroatoms. The van der Waals surface area contributed by atoms with Crippen molar-refractivity contribution in [3.8, 4) is 0 Å². The normalized spacial score (nSPS) is 16.4. The van der Waals surface area contributed by atoms with Crippen LogP contribution in [0.2, 0.25) is 0 Å². The molecule has 27 heavy (non-hydrogen) atoms. The molecule has 0 saturated heterocycles. The van der Waals surface area contributed by atoms with Crippen LogP contribution in [0.5, 0.6) is 0 Å². The molecule has 1 fully saturated rings. The first kappa shape index (κ1) is 19.3. The fourth-order valence-corrected chi connectivity index (χ4v) is 4.07. The van der Waals surface area contributed by atoms with E-state index in [0.29, 0.717) is 17.9 Å². The van der Waals surface area contributed by atoms with Crippen molar-refractivity contribution in [2.75, 3.05) is 0 Å². The van der Waals surface area contributed by atoms with Crippen molar-refractivity contribution in [1.82, 2.24) is 20.1 Å². The number of carboxylic acid groups (broad SMARTS) is 1. The molecule has 2 aromatic heterocycles. The highest BCUT2D eigenvalue weighted by atomic mass is 16.4. The topological polar surface area (TPSA) is 97.1 Å². The number of nitrogens with one attached hydrogen (secondary N) is 1. The van der Waals surface area contributed by atoms with E-state index in [-0.39, 0.29) is 18.4 Å². The zero-order valence-corrected chi connectivity index (χ0v) is 16.1. The molecule has 7 nitrogen and oxygen atoms in total. The van der Waals surface area contributed by atoms with E-state index < -0.39 is 5.97 Å². The summed E-state index contributed by atoms with van der Waals surface area (Å²) in [4.78, 5) is 28.1. The van der Waals surface area contributed by atoms with Crippen molar-refractivity contribution < 1.29 is 14.7 Å². The highest BCUT2D eigenvalue weighted by Gasteiger charge is 2.22. The summed E-state index contributed by atoms with van der Waals surface area (Å²) in [6.07, 6.45) is 9.00. The molecule has 0 radical (unpaired) electrons. The van der Waals surface area contributed by atoms with E-state index >= 15 is 0 Å². The number of hydrogen-bond donors (Lipinski definition) is 2. The molecule has 2 N–H and O–H groups in total. The van der Waals surface area contributed by atoms with Crippen LogP contribution in [0.3, 0.4) is 0 Å². The van der Waals surface area contributed by atoms with Gasteiger partial charge in [-0.05, 0) is 31.7 Å². The number of carbonyl (C=O) groups excluding carboxylic acids is 1. The predicted octanol–water partition coefficient (Wildman–Crippen LogP) is 3.21. The van der Waals surface area contributed by atoms with Crippen LogP contribution in [-0.4, -0.2) is 37.8 Å². The van der Waals surface area contributed by atoms with E-state index in [2.05, 4.69) is 15.4 Å². The molecular weight excluding hydrogens is 344 g/mol. The molecule has 3 rings (SSSR count). The van der Waals surface area contributed by atoms with Gasteiger partial charge >= 0.3 is 5.97 Å². The molecule has 1 aliphatic rings. The van der Waals surface area contributed by atoms with Gasteiger partial charge in [-0.1, -0.05) is 32.1 Å². The molecule has 0 aliphatic heterocycles. The molecule has 1 atom stereocenters. The number of aliphatic carboxylic acids is 1. The van der Waals surface area contributed by atoms with E-state index in [1.54, 1.807) is 10.9 Å². The average molecular weight is 372 g/mol. The first-order valence-corrected chi connectivity index (χ1v) is 9.76. The van der Waals surface area contributed by atoms with Crippen LogP contribution in [-0.2, 0) is 11.8 Å². The van der Waals surface area contributed by atoms with Crippen molar-refractivity contribution in [1.29, 1.82) is 0 Å². The van der Waals surface area contributed by atoms with Gasteiger partial charge < -0.3 is 10.4 Å². The minimum atomic E-state index is -0.827. The third-order valence-electron chi connectivity index (χ3n) is 5.51. The molecular formula is C20H28N4O3. The first-order chi connectivity index (χ1) is 12.9. The number of pyridine rings is 1. The Morgan fingerprint density at radius 1 is 1.33 bits per heavy atom. The maximum atomic E-state index is 12.8. The lowest BCUT2D eigenvalue weighted by molar-refractivity contribution is -0.137. The van der Waals surface area contributed by atoms with Crippen LogP contribution in [0.25, 0.3) is 11.0 Å². The second-order valence-corrected chi connectivity index (χ2v) is 7.65. The van der Waals surface area contributed by atoms with Crippen LogP contribution in [0, 0.1) is 12.8 Å². The summed E-state index contributed by atoms with van der Waals surface area (Å²) >= 11 is 0. The van der Waals surface area contributed by atoms with Crippen LogP contribution in [0.1, 0.15) is 67.4 Å². The third kappa shape index (κ3) is 4.84. The van der Waals surface area contributed by atoms with E-state index in [1.807, 2.05) is 20.0 Å². The number of nitrogens with zero attached hydrogens (tertiary/aromatic N) is 3. The number of carbonyl (C=O) groups is 2. The number of rotatable bonds is 7. The molecule has 1 saturated carbocycles. The number of hydrogen-bond acceptors (Lipinski definition) is 4. The van der Waals surface area contributed by atoms with Gasteiger partial charge in [0.25, 0.3) is 5.91 Å². The highest BCUT2D eigenvalue weighted by Crippen LogP contribution is 2.28. The van der Waals surface area contributed by atoms with Gasteiger partial charge in [0.1, 0.15) is 0 Å². The van der Waals surface area contributed by atoms with E-state index in [1.165, 1.54) is 32.1 Å². The molecule has 1 amide bonds. The monoisotopic (exact) mass is 372 g/mol. The summed E-state index contributed by atoms with van der Waals surface area (Å²) in [7, 11) is 1.83. The summed E-state index contributed by atoms with van der Waals surface area (Å²) in [6.45, 7) is 1.89. The van der Waals surface area contributed by atoms with E-state index in [0.717, 1.165) is 23.1 Å². The van der Waals surface area contributed by atoms with Crippen LogP contribution >= 0.6 is 0 Å². The summed E-state index contributed by atoms with van der Waals surface area (Å²) < 4.78 is 1.70. The summed E-state index contributed by atoms with van der Waals surface area (Å²) in [6, 6.07) is 1.69. The van der Waals surface area contributed by atoms with E-state index in [9.17, 15) is 9.59 Å². The van der Waals surface area contributed by atoms with Gasteiger partial charge in [-0.15, -0.1) is 0 Å². The summed E-state index contributed by atoms with van der Waals surface area (Å²) in [5.41, 5.74) is 2.07. The zero-order chi connectivity index (χ0) is 19.4. The Bertz CT molecular complexity index is 824. The van der Waals surface area contributed by atoms with Gasteiger partial charge in [0.2, 0.25) is 0 Å². The Balaban J connectivity index is 1.72. The summed E-state index contributed by atoms with van der Waals surface area (Å²) in [5.74, 6) is -0.454. The second-order valence-electron chi connectivity index (χ2n) is 7.65. The lowest BCUT2D eigenvalue weighted by Crippen LogP contribution is -2.37. The fourth-order valence-electron chi connectivity index (χ4n) is 4.07. The van der Waals surface area contributed by atoms with Crippen molar-refractivity contribution in [2.45, 2.75) is 64.3 Å². The number of carboxylic acids is 1. The van der Waals surface area contributed by atoms with E-state index in [4.69, 9.17) is 5.11 Å². The Labute approximate surface area is 159 Å². The average Bonchev–Trinajstić information content (AvgIpc) is 2.94. The SMILES string of the molecule is Cc1nn(C)c2ncc(C(=O)NC(CCC(=O)O)CC3CCCCC3)cc12. The number of aryl methyl sites for hydroxylation is 2. The number of fused-ring (bicyclic) bond motifs is 1. The highest BCUT2D eigenvalue weighted by molar-refractivity contribution is 5.97. The second kappa shape index (κ2) is 8.50. The van der Waals surface area contributed by atoms with Crippen LogP contribution < -0.4 is 5.32 Å². The van der Waals surface area contributed by atoms with Crippen LogP contribution in [0.15, 0.2) is 12.3 Å². The standard InChI is InChI=1S/C20H28N4O3/c1-13-17-11-15(12-21-19(17)24(2)23-13)20(27)22-16(8-9-18(25)26)10-14-6-4-3-5-7-14/h11-12,14,16H,3-10H2,1-2H3,(H,22,27)(H,25,26). The van der Waals surface area contributed by atoms with Gasteiger partial charge in [0, 0.05) is 31.1 Å². The Morgan fingerprint density at radius 2 is 2.07 bits per heavy atom. The Kier molecular flexibility index (Phi) is 6.08. The lowest BCUT2D eigenvalue weighted by Gasteiger charge is -2.27. The molecule has 1 unspecified atom stereocenters. The quantitative estimate of drug-likeness (QED) is 0.778. The van der Waals surface area contributed by atoms with Gasteiger partial charge in [-0.25, -0.2) is 4.98 Å². The fraction of sp³-hybridized carbons (Fsp3) is 0.600. The van der Waals surface area contributed by atoms with Crippen molar-refractivity contribution in [3.63, 3.8) is 0 Å². The number of aromatic nitrogens is 3. The number of amides is 1. The third-order valence-corrected chi connectivity index (χ3v) is 5.51. The zero-order valence-electron chi connectivity index (χ0n) is 16.1. The van der Waals surface area contributed by atoms with Crippen molar-refractivity contribution in [2.24, 2.45) is 13.0 Å². The lowest BCUT2D eigenvalue weighted by atomic mass is 9.84. The van der Waals surface area contributed by atoms with Crippen molar-refractivity contribution >= 4 is 22.9 Å². The largest absolute Gasteiger partial charge is 0.481 e. The van der Waals surface area contributed by atoms with Gasteiger partial charge in [0.05, 0.1) is 11.3 Å².